The van der Waals surface area contributed by atoms with Crippen molar-refractivity contribution in [2.24, 2.45) is 23.2 Å². The van der Waals surface area contributed by atoms with E-state index in [1.807, 2.05) is 13.8 Å². The highest BCUT2D eigenvalue weighted by Crippen LogP contribution is 2.62. The molecule has 0 aromatic rings. The van der Waals surface area contributed by atoms with E-state index in [1.165, 1.54) is 38.5 Å². The Labute approximate surface area is 109 Å². The first-order valence-electron chi connectivity index (χ1n) is 7.28. The minimum atomic E-state index is -1.13. The van der Waals surface area contributed by atoms with Gasteiger partial charge in [0, 0.05) is 0 Å². The van der Waals surface area contributed by atoms with Crippen LogP contribution >= 0.6 is 0 Å². The van der Waals surface area contributed by atoms with Gasteiger partial charge in [-0.05, 0) is 82.0 Å². The molecule has 0 aromatic heterocycles. The van der Waals surface area contributed by atoms with Gasteiger partial charge in [-0.3, -0.25) is 0 Å². The highest BCUT2D eigenvalue weighted by Gasteiger charge is 2.52. The molecule has 18 heavy (non-hydrogen) atoms. The summed E-state index contributed by atoms with van der Waals surface area (Å²) in [4.78, 5) is 10.8. The predicted molar refractivity (Wildman–Crippen MR) is 68.4 cm³/mol. The lowest BCUT2D eigenvalue weighted by atomic mass is 9.48. The Hall–Kier alpha value is -0.730. The molecule has 4 bridgehead atoms. The summed E-state index contributed by atoms with van der Waals surface area (Å²) in [7, 11) is 0. The molecule has 4 aliphatic rings. The van der Waals surface area contributed by atoms with Crippen molar-refractivity contribution in [2.45, 2.75) is 64.4 Å². The zero-order valence-corrected chi connectivity index (χ0v) is 11.4. The molecule has 0 aliphatic heterocycles. The summed E-state index contributed by atoms with van der Waals surface area (Å²) in [6.45, 7) is 3.86. The summed E-state index contributed by atoms with van der Waals surface area (Å²) in [6, 6.07) is 0. The van der Waals surface area contributed by atoms with Gasteiger partial charge in [0.1, 0.15) is 5.60 Å². The van der Waals surface area contributed by atoms with Crippen molar-refractivity contribution < 1.29 is 14.6 Å². The molecular weight excluding hydrogens is 228 g/mol. The van der Waals surface area contributed by atoms with Crippen molar-refractivity contribution >= 4 is 6.16 Å². The summed E-state index contributed by atoms with van der Waals surface area (Å²) in [5, 5.41) is 8.84. The molecule has 0 amide bonds. The van der Waals surface area contributed by atoms with Crippen LogP contribution in [0.15, 0.2) is 0 Å². The van der Waals surface area contributed by atoms with Crippen LogP contribution in [-0.4, -0.2) is 16.9 Å². The van der Waals surface area contributed by atoms with Crippen LogP contribution in [0.4, 0.5) is 4.79 Å². The van der Waals surface area contributed by atoms with Crippen LogP contribution in [0.25, 0.3) is 0 Å². The number of carbonyl (C=O) groups is 1. The van der Waals surface area contributed by atoms with Crippen molar-refractivity contribution in [3.63, 3.8) is 0 Å². The smallest absolute Gasteiger partial charge is 0.450 e. The van der Waals surface area contributed by atoms with Crippen molar-refractivity contribution in [3.05, 3.63) is 0 Å². The van der Waals surface area contributed by atoms with Crippen LogP contribution in [-0.2, 0) is 4.74 Å². The molecule has 0 radical (unpaired) electrons. The molecule has 0 unspecified atom stereocenters. The highest BCUT2D eigenvalue weighted by molar-refractivity contribution is 5.57. The van der Waals surface area contributed by atoms with Crippen molar-refractivity contribution in [1.82, 2.24) is 0 Å². The fourth-order valence-electron chi connectivity index (χ4n) is 5.68. The zero-order chi connectivity index (χ0) is 13.0. The van der Waals surface area contributed by atoms with Gasteiger partial charge in [0.25, 0.3) is 0 Å². The van der Waals surface area contributed by atoms with E-state index in [9.17, 15) is 4.79 Å². The predicted octanol–water partition coefficient (Wildman–Crippen LogP) is 4.07. The van der Waals surface area contributed by atoms with E-state index in [1.54, 1.807) is 0 Å². The number of carboxylic acid groups (broad SMARTS) is 1. The molecule has 102 valence electrons. The Morgan fingerprint density at radius 3 is 2.00 bits per heavy atom. The normalized spacial score (nSPS) is 42.0. The minimum absolute atomic E-state index is 0.383. The van der Waals surface area contributed by atoms with Crippen LogP contribution in [0.3, 0.4) is 0 Å². The maximum atomic E-state index is 10.8. The Morgan fingerprint density at radius 2 is 1.61 bits per heavy atom. The monoisotopic (exact) mass is 252 g/mol. The standard InChI is InChI=1S/C15H24O3/c1-14(2,18-13(16)17)9-15-6-10-3-11(7-15)5-12(4-10)8-15/h10-12H,3-9H2,1-2H3,(H,16,17). The van der Waals surface area contributed by atoms with E-state index in [-0.39, 0.29) is 0 Å². The largest absolute Gasteiger partial charge is 0.506 e. The van der Waals surface area contributed by atoms with E-state index < -0.39 is 11.8 Å². The van der Waals surface area contributed by atoms with E-state index in [0.29, 0.717) is 5.41 Å². The second-order valence-corrected chi connectivity index (χ2v) is 7.72. The lowest BCUT2D eigenvalue weighted by Crippen LogP contribution is -2.49. The van der Waals surface area contributed by atoms with E-state index in [2.05, 4.69) is 0 Å². The Morgan fingerprint density at radius 1 is 1.17 bits per heavy atom. The van der Waals surface area contributed by atoms with Gasteiger partial charge in [-0.2, -0.15) is 0 Å². The maximum Gasteiger partial charge on any atom is 0.506 e. The first kappa shape index (κ1) is 12.3. The molecule has 0 aromatic carbocycles. The minimum Gasteiger partial charge on any atom is -0.450 e. The molecule has 0 heterocycles. The highest BCUT2D eigenvalue weighted by atomic mass is 16.7. The molecule has 0 saturated heterocycles. The number of hydrogen-bond donors (Lipinski definition) is 1. The quantitative estimate of drug-likeness (QED) is 0.770. The van der Waals surface area contributed by atoms with Gasteiger partial charge in [0.2, 0.25) is 0 Å². The van der Waals surface area contributed by atoms with Crippen LogP contribution in [0.2, 0.25) is 0 Å². The van der Waals surface area contributed by atoms with Crippen molar-refractivity contribution in [2.75, 3.05) is 0 Å². The summed E-state index contributed by atoms with van der Waals surface area (Å²) in [6.07, 6.45) is 8.00. The van der Waals surface area contributed by atoms with Crippen LogP contribution in [0, 0.1) is 23.2 Å². The second-order valence-electron chi connectivity index (χ2n) is 7.72. The molecule has 4 rings (SSSR count). The summed E-state index contributed by atoms with van der Waals surface area (Å²) >= 11 is 0. The molecule has 4 saturated carbocycles. The van der Waals surface area contributed by atoms with Gasteiger partial charge in [-0.25, -0.2) is 4.79 Å². The number of hydrogen-bond acceptors (Lipinski definition) is 2. The molecule has 3 heteroatoms. The Balaban J connectivity index is 1.74. The van der Waals surface area contributed by atoms with Gasteiger partial charge in [0.05, 0.1) is 0 Å². The molecule has 3 nitrogen and oxygen atoms in total. The Kier molecular flexibility index (Phi) is 2.65. The average molecular weight is 252 g/mol. The molecular formula is C15H24O3. The van der Waals surface area contributed by atoms with Gasteiger partial charge < -0.3 is 9.84 Å². The zero-order valence-electron chi connectivity index (χ0n) is 11.4. The lowest BCUT2D eigenvalue weighted by Gasteiger charge is -2.58. The first-order valence-corrected chi connectivity index (χ1v) is 7.28. The van der Waals surface area contributed by atoms with Gasteiger partial charge in [-0.15, -0.1) is 0 Å². The first-order chi connectivity index (χ1) is 8.36. The molecule has 4 aliphatic carbocycles. The topological polar surface area (TPSA) is 46.5 Å². The third-order valence-electron chi connectivity index (χ3n) is 5.33. The maximum absolute atomic E-state index is 10.8. The molecule has 1 N–H and O–H groups in total. The fraction of sp³-hybridized carbons (Fsp3) is 0.933. The van der Waals surface area contributed by atoms with E-state index >= 15 is 0 Å². The molecule has 0 atom stereocenters. The third kappa shape index (κ3) is 2.24. The molecule has 4 fully saturated rings. The van der Waals surface area contributed by atoms with Gasteiger partial charge in [0.15, 0.2) is 0 Å². The van der Waals surface area contributed by atoms with Gasteiger partial charge in [-0.1, -0.05) is 0 Å². The lowest BCUT2D eigenvalue weighted by molar-refractivity contribution is -0.101. The SMILES string of the molecule is CC(C)(CC12CC3CC(CC(C3)C1)C2)OC(=O)O. The van der Waals surface area contributed by atoms with E-state index in [4.69, 9.17) is 9.84 Å². The van der Waals surface area contributed by atoms with E-state index in [0.717, 1.165) is 24.2 Å². The second kappa shape index (κ2) is 3.88. The average Bonchev–Trinajstić information content (AvgIpc) is 2.09. The summed E-state index contributed by atoms with van der Waals surface area (Å²) in [5.41, 5.74) is -0.148. The number of rotatable bonds is 3. The van der Waals surface area contributed by atoms with Crippen molar-refractivity contribution in [1.29, 1.82) is 0 Å². The fourth-order valence-corrected chi connectivity index (χ4v) is 5.68. The summed E-state index contributed by atoms with van der Waals surface area (Å²) < 4.78 is 5.09. The number of ether oxygens (including phenoxy) is 1. The van der Waals surface area contributed by atoms with Crippen LogP contribution < -0.4 is 0 Å². The Bertz CT molecular complexity index is 323. The van der Waals surface area contributed by atoms with Crippen LogP contribution in [0.1, 0.15) is 58.8 Å². The third-order valence-corrected chi connectivity index (χ3v) is 5.33. The summed E-state index contributed by atoms with van der Waals surface area (Å²) in [5.74, 6) is 2.74. The molecule has 0 spiro atoms. The van der Waals surface area contributed by atoms with Crippen LogP contribution in [0.5, 0.6) is 0 Å². The van der Waals surface area contributed by atoms with Crippen molar-refractivity contribution in [3.8, 4) is 0 Å². The van der Waals surface area contributed by atoms with Gasteiger partial charge >= 0.3 is 6.16 Å².